The summed E-state index contributed by atoms with van der Waals surface area (Å²) in [7, 11) is 0. The molecule has 0 saturated heterocycles. The van der Waals surface area contributed by atoms with Gasteiger partial charge in [0.15, 0.2) is 10.8 Å². The zero-order valence-electron chi connectivity index (χ0n) is 10.6. The molecule has 2 aromatic heterocycles. The van der Waals surface area contributed by atoms with Crippen LogP contribution in [0.1, 0.15) is 24.2 Å². The van der Waals surface area contributed by atoms with E-state index in [1.54, 1.807) is 0 Å². The summed E-state index contributed by atoms with van der Waals surface area (Å²) in [5, 5.41) is 13.7. The number of fused-ring (bicyclic) bond motifs is 1. The Hall–Kier alpha value is -1.95. The van der Waals surface area contributed by atoms with Gasteiger partial charge in [0.05, 0.1) is 0 Å². The summed E-state index contributed by atoms with van der Waals surface area (Å²) >= 11 is 1.52. The lowest BCUT2D eigenvalue weighted by Crippen LogP contribution is -1.99. The number of para-hydroxylation sites is 1. The molecule has 2 heterocycles. The highest BCUT2D eigenvalue weighted by Crippen LogP contribution is 2.17. The fourth-order valence-electron chi connectivity index (χ4n) is 1.80. The van der Waals surface area contributed by atoms with Crippen LogP contribution < -0.4 is 4.74 Å². The van der Waals surface area contributed by atoms with Gasteiger partial charge in [-0.3, -0.25) is 0 Å². The molecule has 0 radical (unpaired) electrons. The molecule has 0 amide bonds. The van der Waals surface area contributed by atoms with Gasteiger partial charge in [0.25, 0.3) is 0 Å². The third-order valence-electron chi connectivity index (χ3n) is 2.68. The molecule has 19 heavy (non-hydrogen) atoms. The molecule has 3 aromatic rings. The second-order valence-corrected chi connectivity index (χ2v) is 5.20. The summed E-state index contributed by atoms with van der Waals surface area (Å²) in [5.41, 5.74) is 0. The number of rotatable bonds is 5. The topological polar surface area (TPSA) is 52.3 Å². The third kappa shape index (κ3) is 2.58. The predicted octanol–water partition coefficient (Wildman–Crippen LogP) is 2.72. The van der Waals surface area contributed by atoms with Crippen molar-refractivity contribution in [3.05, 3.63) is 41.2 Å². The second-order valence-electron chi connectivity index (χ2n) is 4.16. The van der Waals surface area contributed by atoms with Crippen LogP contribution in [0.3, 0.4) is 0 Å². The van der Waals surface area contributed by atoms with E-state index in [9.17, 15) is 0 Å². The van der Waals surface area contributed by atoms with Crippen molar-refractivity contribution in [2.45, 2.75) is 26.4 Å². The molecule has 0 aliphatic carbocycles. The zero-order valence-corrected chi connectivity index (χ0v) is 11.4. The van der Waals surface area contributed by atoms with E-state index in [2.05, 4.69) is 22.2 Å². The largest absolute Gasteiger partial charge is 0.486 e. The first kappa shape index (κ1) is 12.1. The Morgan fingerprint density at radius 3 is 2.84 bits per heavy atom. The van der Waals surface area contributed by atoms with Crippen molar-refractivity contribution in [2.75, 3.05) is 0 Å². The minimum atomic E-state index is 0.462. The number of nitrogens with zero attached hydrogens (tertiary/aromatic N) is 4. The first-order valence-electron chi connectivity index (χ1n) is 6.24. The van der Waals surface area contributed by atoms with Gasteiger partial charge in [-0.25, -0.2) is 0 Å². The van der Waals surface area contributed by atoms with Gasteiger partial charge < -0.3 is 4.74 Å². The Labute approximate surface area is 114 Å². The lowest BCUT2D eigenvalue weighted by atomic mass is 10.3. The number of aromatic nitrogens is 4. The van der Waals surface area contributed by atoms with Crippen LogP contribution in [0.4, 0.5) is 0 Å². The lowest BCUT2D eigenvalue weighted by molar-refractivity contribution is 0.304. The van der Waals surface area contributed by atoms with Crippen LogP contribution in [0.25, 0.3) is 4.96 Å². The molecule has 0 saturated carbocycles. The van der Waals surface area contributed by atoms with Crippen LogP contribution in [-0.4, -0.2) is 19.8 Å². The Balaban J connectivity index is 1.75. The summed E-state index contributed by atoms with van der Waals surface area (Å²) in [6.07, 6.45) is 1.93. The molecule has 0 aliphatic rings. The van der Waals surface area contributed by atoms with Gasteiger partial charge in [0, 0.05) is 6.42 Å². The first-order valence-corrected chi connectivity index (χ1v) is 7.06. The number of benzene rings is 1. The highest BCUT2D eigenvalue weighted by molar-refractivity contribution is 7.16. The standard InChI is InChI=1S/C13H14N4OS/c1-2-6-11-14-15-13-17(11)16-12(19-13)9-18-10-7-4-3-5-8-10/h3-5,7-8H,2,6,9H2,1H3. The molecule has 6 heteroatoms. The molecule has 0 N–H and O–H groups in total. The van der Waals surface area contributed by atoms with Crippen molar-refractivity contribution in [1.82, 2.24) is 19.8 Å². The van der Waals surface area contributed by atoms with Crippen LogP contribution in [-0.2, 0) is 13.0 Å². The van der Waals surface area contributed by atoms with Gasteiger partial charge >= 0.3 is 0 Å². The summed E-state index contributed by atoms with van der Waals surface area (Å²) in [6.45, 7) is 2.58. The van der Waals surface area contributed by atoms with Crippen molar-refractivity contribution in [3.8, 4) is 5.75 Å². The minimum absolute atomic E-state index is 0.462. The van der Waals surface area contributed by atoms with E-state index in [0.717, 1.165) is 34.4 Å². The molecule has 0 bridgehead atoms. The van der Waals surface area contributed by atoms with Gasteiger partial charge in [0.2, 0.25) is 4.96 Å². The Kier molecular flexibility index (Phi) is 3.41. The molecular weight excluding hydrogens is 260 g/mol. The van der Waals surface area contributed by atoms with Crippen LogP contribution in [0.15, 0.2) is 30.3 Å². The van der Waals surface area contributed by atoms with Gasteiger partial charge in [0.1, 0.15) is 12.4 Å². The minimum Gasteiger partial charge on any atom is -0.486 e. The monoisotopic (exact) mass is 274 g/mol. The number of ether oxygens (including phenoxy) is 1. The van der Waals surface area contributed by atoms with Crippen LogP contribution >= 0.6 is 11.3 Å². The van der Waals surface area contributed by atoms with E-state index >= 15 is 0 Å². The highest BCUT2D eigenvalue weighted by Gasteiger charge is 2.11. The Bertz CT molecular complexity index is 662. The van der Waals surface area contributed by atoms with Gasteiger partial charge in [-0.2, -0.15) is 9.61 Å². The maximum absolute atomic E-state index is 5.68. The van der Waals surface area contributed by atoms with E-state index in [1.807, 2.05) is 34.8 Å². The fourth-order valence-corrected chi connectivity index (χ4v) is 2.56. The van der Waals surface area contributed by atoms with Crippen molar-refractivity contribution in [1.29, 1.82) is 0 Å². The van der Waals surface area contributed by atoms with Crippen molar-refractivity contribution in [3.63, 3.8) is 0 Å². The SMILES string of the molecule is CCCc1nnc2sc(COc3ccccc3)nn12. The van der Waals surface area contributed by atoms with E-state index in [4.69, 9.17) is 4.74 Å². The van der Waals surface area contributed by atoms with E-state index in [1.165, 1.54) is 11.3 Å². The summed E-state index contributed by atoms with van der Waals surface area (Å²) < 4.78 is 7.49. The first-order chi connectivity index (χ1) is 9.36. The van der Waals surface area contributed by atoms with Gasteiger partial charge in [-0.1, -0.05) is 36.5 Å². The average molecular weight is 274 g/mol. The van der Waals surface area contributed by atoms with Gasteiger partial charge in [-0.15, -0.1) is 10.2 Å². The third-order valence-corrected chi connectivity index (χ3v) is 3.55. The normalized spacial score (nSPS) is 11.0. The molecule has 1 aromatic carbocycles. The van der Waals surface area contributed by atoms with Crippen molar-refractivity contribution < 1.29 is 4.74 Å². The maximum atomic E-state index is 5.68. The molecule has 0 atom stereocenters. The molecule has 98 valence electrons. The van der Waals surface area contributed by atoms with Crippen LogP contribution in [0, 0.1) is 0 Å². The molecule has 0 aliphatic heterocycles. The molecule has 5 nitrogen and oxygen atoms in total. The van der Waals surface area contributed by atoms with E-state index < -0.39 is 0 Å². The average Bonchev–Trinajstić information content (AvgIpc) is 3.00. The quantitative estimate of drug-likeness (QED) is 0.718. The predicted molar refractivity (Wildman–Crippen MR) is 73.4 cm³/mol. The van der Waals surface area contributed by atoms with E-state index in [0.29, 0.717) is 6.61 Å². The smallest absolute Gasteiger partial charge is 0.234 e. The highest BCUT2D eigenvalue weighted by atomic mass is 32.1. The Morgan fingerprint density at radius 1 is 1.21 bits per heavy atom. The van der Waals surface area contributed by atoms with Crippen molar-refractivity contribution >= 4 is 16.3 Å². The summed E-state index contributed by atoms with van der Waals surface area (Å²) in [6, 6.07) is 9.74. The van der Waals surface area contributed by atoms with Crippen LogP contribution in [0.5, 0.6) is 5.75 Å². The van der Waals surface area contributed by atoms with Crippen LogP contribution in [0.2, 0.25) is 0 Å². The zero-order chi connectivity index (χ0) is 13.1. The second kappa shape index (κ2) is 5.36. The van der Waals surface area contributed by atoms with E-state index in [-0.39, 0.29) is 0 Å². The fraction of sp³-hybridized carbons (Fsp3) is 0.308. The molecule has 0 unspecified atom stereocenters. The lowest BCUT2D eigenvalue weighted by Gasteiger charge is -2.02. The van der Waals surface area contributed by atoms with Crippen molar-refractivity contribution in [2.24, 2.45) is 0 Å². The molecule has 0 spiro atoms. The number of aryl methyl sites for hydroxylation is 1. The number of hydrogen-bond acceptors (Lipinski definition) is 5. The molecule has 0 fully saturated rings. The number of hydrogen-bond donors (Lipinski definition) is 0. The summed E-state index contributed by atoms with van der Waals surface area (Å²) in [5.74, 6) is 1.77. The summed E-state index contributed by atoms with van der Waals surface area (Å²) in [4.78, 5) is 0.829. The van der Waals surface area contributed by atoms with Gasteiger partial charge in [-0.05, 0) is 18.6 Å². The maximum Gasteiger partial charge on any atom is 0.234 e. The Morgan fingerprint density at radius 2 is 2.05 bits per heavy atom. The molecular formula is C13H14N4OS. The molecule has 3 rings (SSSR count).